The molecule has 0 unspecified atom stereocenters. The Morgan fingerprint density at radius 1 is 1.62 bits per heavy atom. The largest absolute Gasteiger partial charge is 0.294 e. The molecule has 0 aromatic carbocycles. The third-order valence-corrected chi connectivity index (χ3v) is 2.90. The minimum absolute atomic E-state index is 0.127. The number of halogens is 1. The summed E-state index contributed by atoms with van der Waals surface area (Å²) in [7, 11) is 0. The van der Waals surface area contributed by atoms with E-state index in [2.05, 4.69) is 0 Å². The van der Waals surface area contributed by atoms with Crippen LogP contribution in [0.15, 0.2) is 18.2 Å². The molecule has 1 heterocycles. The van der Waals surface area contributed by atoms with Crippen molar-refractivity contribution in [3.05, 3.63) is 28.0 Å². The Labute approximate surface area is 87.0 Å². The molecular formula is C10H11ClOS. The number of rotatable bonds is 4. The van der Waals surface area contributed by atoms with Crippen LogP contribution in [0.5, 0.6) is 0 Å². The number of hydrogen-bond acceptors (Lipinski definition) is 2. The van der Waals surface area contributed by atoms with Crippen LogP contribution in [-0.2, 0) is 0 Å². The lowest BCUT2D eigenvalue weighted by atomic mass is 10.3. The zero-order valence-corrected chi connectivity index (χ0v) is 8.99. The highest BCUT2D eigenvalue weighted by atomic mass is 35.5. The molecule has 0 aliphatic heterocycles. The van der Waals surface area contributed by atoms with Gasteiger partial charge in [0.25, 0.3) is 0 Å². The number of ketones is 1. The number of alkyl halides is 1. The maximum Gasteiger partial charge on any atom is 0.169 e. The minimum atomic E-state index is 0.127. The van der Waals surface area contributed by atoms with Crippen molar-refractivity contribution in [1.82, 2.24) is 0 Å². The lowest BCUT2D eigenvalue weighted by Gasteiger charge is -1.84. The Kier molecular flexibility index (Phi) is 4.19. The molecule has 0 aliphatic rings. The predicted molar refractivity (Wildman–Crippen MR) is 58.7 cm³/mol. The first-order valence-electron chi connectivity index (χ1n) is 4.07. The molecule has 0 aliphatic carbocycles. The van der Waals surface area contributed by atoms with E-state index in [0.29, 0.717) is 5.88 Å². The van der Waals surface area contributed by atoms with Crippen molar-refractivity contribution in [3.63, 3.8) is 0 Å². The van der Waals surface area contributed by atoms with Crippen LogP contribution in [-0.4, -0.2) is 11.7 Å². The van der Waals surface area contributed by atoms with Gasteiger partial charge < -0.3 is 0 Å². The zero-order valence-electron chi connectivity index (χ0n) is 7.42. The van der Waals surface area contributed by atoms with Gasteiger partial charge in [0.2, 0.25) is 0 Å². The van der Waals surface area contributed by atoms with Gasteiger partial charge in [-0.25, -0.2) is 0 Å². The molecule has 0 spiro atoms. The van der Waals surface area contributed by atoms with Crippen LogP contribution in [0.3, 0.4) is 0 Å². The van der Waals surface area contributed by atoms with Gasteiger partial charge >= 0.3 is 0 Å². The van der Waals surface area contributed by atoms with E-state index < -0.39 is 0 Å². The first kappa shape index (κ1) is 10.5. The Morgan fingerprint density at radius 3 is 2.92 bits per heavy atom. The molecule has 1 nitrogen and oxygen atoms in total. The van der Waals surface area contributed by atoms with E-state index in [4.69, 9.17) is 11.6 Å². The molecule has 13 heavy (non-hydrogen) atoms. The van der Waals surface area contributed by atoms with Gasteiger partial charge in [0, 0.05) is 10.8 Å². The molecule has 1 rings (SSSR count). The van der Waals surface area contributed by atoms with E-state index in [0.717, 1.165) is 16.2 Å². The molecule has 0 N–H and O–H groups in total. The molecule has 0 fully saturated rings. The second-order valence-electron chi connectivity index (χ2n) is 2.64. The van der Waals surface area contributed by atoms with Crippen molar-refractivity contribution in [2.75, 3.05) is 5.88 Å². The molecule has 70 valence electrons. The summed E-state index contributed by atoms with van der Waals surface area (Å²) in [5, 5.41) is 0. The Balaban J connectivity index is 2.64. The van der Waals surface area contributed by atoms with Crippen LogP contribution in [0, 0.1) is 0 Å². The number of thiophene rings is 1. The summed E-state index contributed by atoms with van der Waals surface area (Å²) in [4.78, 5) is 12.9. The van der Waals surface area contributed by atoms with Crippen LogP contribution in [0.2, 0.25) is 0 Å². The van der Waals surface area contributed by atoms with Crippen LogP contribution in [0.1, 0.15) is 27.9 Å². The van der Waals surface area contributed by atoms with Crippen molar-refractivity contribution < 1.29 is 4.79 Å². The van der Waals surface area contributed by atoms with Crippen LogP contribution >= 0.6 is 22.9 Å². The quantitative estimate of drug-likeness (QED) is 0.553. The average Bonchev–Trinajstić information content (AvgIpc) is 2.53. The molecule has 1 aromatic heterocycles. The third-order valence-electron chi connectivity index (χ3n) is 1.53. The normalized spacial score (nSPS) is 10.9. The van der Waals surface area contributed by atoms with E-state index in [-0.39, 0.29) is 5.78 Å². The van der Waals surface area contributed by atoms with Gasteiger partial charge in [-0.1, -0.05) is 6.08 Å². The topological polar surface area (TPSA) is 17.1 Å². The standard InChI is InChI=1S/C10H11ClOS/c1-8(12)10-6-5-9(13-10)4-2-3-7-11/h2,4-6H,3,7H2,1H3. The Bertz CT molecular complexity index is 314. The van der Waals surface area contributed by atoms with Crippen molar-refractivity contribution in [2.45, 2.75) is 13.3 Å². The average molecular weight is 215 g/mol. The molecule has 0 amide bonds. The summed E-state index contributed by atoms with van der Waals surface area (Å²) in [6.45, 7) is 1.58. The van der Waals surface area contributed by atoms with Crippen molar-refractivity contribution in [3.8, 4) is 0 Å². The van der Waals surface area contributed by atoms with E-state index >= 15 is 0 Å². The zero-order chi connectivity index (χ0) is 9.68. The summed E-state index contributed by atoms with van der Waals surface area (Å²) < 4.78 is 0. The summed E-state index contributed by atoms with van der Waals surface area (Å²) >= 11 is 7.03. The van der Waals surface area contributed by atoms with Crippen LogP contribution in [0.25, 0.3) is 6.08 Å². The fourth-order valence-electron chi connectivity index (χ4n) is 0.894. The monoisotopic (exact) mass is 214 g/mol. The third kappa shape index (κ3) is 3.33. The molecule has 0 atom stereocenters. The Morgan fingerprint density at radius 2 is 2.38 bits per heavy atom. The SMILES string of the molecule is CC(=O)c1ccc(C=CCCCl)s1. The summed E-state index contributed by atoms with van der Waals surface area (Å²) in [5.74, 6) is 0.767. The number of carbonyl (C=O) groups excluding carboxylic acids is 1. The molecular weight excluding hydrogens is 204 g/mol. The van der Waals surface area contributed by atoms with E-state index in [1.807, 2.05) is 24.3 Å². The van der Waals surface area contributed by atoms with E-state index in [9.17, 15) is 4.79 Å². The summed E-state index contributed by atoms with van der Waals surface area (Å²) in [5.41, 5.74) is 0. The molecule has 0 radical (unpaired) electrons. The van der Waals surface area contributed by atoms with Gasteiger partial charge in [-0.2, -0.15) is 0 Å². The van der Waals surface area contributed by atoms with Gasteiger partial charge in [-0.15, -0.1) is 22.9 Å². The summed E-state index contributed by atoms with van der Waals surface area (Å²) in [6, 6.07) is 3.81. The molecule has 0 saturated carbocycles. The van der Waals surface area contributed by atoms with Crippen molar-refractivity contribution in [2.24, 2.45) is 0 Å². The van der Waals surface area contributed by atoms with Gasteiger partial charge in [0.15, 0.2) is 5.78 Å². The first-order chi connectivity index (χ1) is 6.24. The fourth-order valence-corrected chi connectivity index (χ4v) is 1.85. The highest BCUT2D eigenvalue weighted by Crippen LogP contribution is 2.18. The van der Waals surface area contributed by atoms with Gasteiger partial charge in [-0.05, 0) is 31.6 Å². The number of hydrogen-bond donors (Lipinski definition) is 0. The second kappa shape index (κ2) is 5.20. The number of allylic oxidation sites excluding steroid dienone is 1. The van der Waals surface area contributed by atoms with Gasteiger partial charge in [-0.3, -0.25) is 4.79 Å². The molecule has 0 bridgehead atoms. The lowest BCUT2D eigenvalue weighted by Crippen LogP contribution is -1.83. The van der Waals surface area contributed by atoms with Crippen molar-refractivity contribution in [1.29, 1.82) is 0 Å². The Hall–Kier alpha value is -0.600. The molecule has 3 heteroatoms. The van der Waals surface area contributed by atoms with E-state index in [1.54, 1.807) is 6.92 Å². The lowest BCUT2D eigenvalue weighted by molar-refractivity contribution is 0.102. The highest BCUT2D eigenvalue weighted by molar-refractivity contribution is 7.14. The van der Waals surface area contributed by atoms with Crippen LogP contribution in [0.4, 0.5) is 0 Å². The van der Waals surface area contributed by atoms with Crippen LogP contribution < -0.4 is 0 Å². The van der Waals surface area contributed by atoms with E-state index in [1.165, 1.54) is 11.3 Å². The fraction of sp³-hybridized carbons (Fsp3) is 0.300. The maximum atomic E-state index is 11.0. The maximum absolute atomic E-state index is 11.0. The number of Topliss-reactive ketones (excluding diaryl/α,β-unsaturated/α-hetero) is 1. The second-order valence-corrected chi connectivity index (χ2v) is 4.13. The highest BCUT2D eigenvalue weighted by Gasteiger charge is 2.00. The van der Waals surface area contributed by atoms with Gasteiger partial charge in [0.1, 0.15) is 0 Å². The summed E-state index contributed by atoms with van der Waals surface area (Å²) in [6.07, 6.45) is 4.89. The predicted octanol–water partition coefficient (Wildman–Crippen LogP) is 3.59. The van der Waals surface area contributed by atoms with Gasteiger partial charge in [0.05, 0.1) is 4.88 Å². The molecule has 1 aromatic rings. The smallest absolute Gasteiger partial charge is 0.169 e. The first-order valence-corrected chi connectivity index (χ1v) is 5.42. The number of carbonyl (C=O) groups is 1. The van der Waals surface area contributed by atoms with Crippen molar-refractivity contribution >= 4 is 34.8 Å². The minimum Gasteiger partial charge on any atom is -0.294 e. The molecule has 0 saturated heterocycles.